The monoisotopic (exact) mass is 220 g/mol. The van der Waals surface area contributed by atoms with Crippen LogP contribution in [0.15, 0.2) is 0 Å². The van der Waals surface area contributed by atoms with Gasteiger partial charge in [-0.1, -0.05) is 6.92 Å². The van der Waals surface area contributed by atoms with Crippen LogP contribution in [0.5, 0.6) is 0 Å². The summed E-state index contributed by atoms with van der Waals surface area (Å²) >= 11 is 0. The van der Waals surface area contributed by atoms with Crippen molar-refractivity contribution in [1.29, 1.82) is 5.41 Å². The number of hydrogen-bond acceptors (Lipinski definition) is 4. The highest BCUT2D eigenvalue weighted by molar-refractivity contribution is 5.73. The Bertz CT molecular complexity index is 114. The van der Waals surface area contributed by atoms with E-state index < -0.39 is 0 Å². The summed E-state index contributed by atoms with van der Waals surface area (Å²) < 4.78 is 0. The summed E-state index contributed by atoms with van der Waals surface area (Å²) in [6.45, 7) is 6.73. The molecule has 0 aliphatic heterocycles. The first-order valence-corrected chi connectivity index (χ1v) is 5.31. The second-order valence-corrected chi connectivity index (χ2v) is 3.22. The van der Waals surface area contributed by atoms with Crippen molar-refractivity contribution in [3.05, 3.63) is 0 Å². The molecule has 0 amide bonds. The predicted molar refractivity (Wildman–Crippen MR) is 66.9 cm³/mol. The lowest BCUT2D eigenvalue weighted by Gasteiger charge is -2.00. The zero-order valence-electron chi connectivity index (χ0n) is 10.3. The minimum atomic E-state index is -0.151. The number of aliphatic hydroxyl groups excluding tert-OH is 1. The highest BCUT2D eigenvalue weighted by Gasteiger charge is 1.92. The molecule has 15 heavy (non-hydrogen) atoms. The van der Waals surface area contributed by atoms with Crippen LogP contribution in [0.4, 0.5) is 0 Å². The van der Waals surface area contributed by atoms with Crippen molar-refractivity contribution in [1.82, 2.24) is 0 Å². The molecule has 0 aromatic heterocycles. The Morgan fingerprint density at radius 1 is 1.33 bits per heavy atom. The first-order chi connectivity index (χ1) is 6.92. The molecule has 94 valence electrons. The standard InChI is InChI=1S/C6H15NO.C2H6N2.C2H7N/c1-6(8)4-2-3-5-7;1-2(3)4;1-2-3/h6,8H,2-5,7H2,1H3;1H3,(H3,3,4);2-3H2,1H3/t6-;;/m0../s1. The zero-order chi connectivity index (χ0) is 12.7. The van der Waals surface area contributed by atoms with Gasteiger partial charge < -0.3 is 22.3 Å². The molecule has 0 radical (unpaired) electrons. The van der Waals surface area contributed by atoms with Crippen molar-refractivity contribution in [2.45, 2.75) is 46.1 Å². The molecule has 5 nitrogen and oxygen atoms in total. The number of nitrogens with one attached hydrogen (secondary N) is 1. The smallest absolute Gasteiger partial charge is 0.0873 e. The summed E-state index contributed by atoms with van der Waals surface area (Å²) in [6, 6.07) is 0. The summed E-state index contributed by atoms with van der Waals surface area (Å²) in [5.74, 6) is 0.167. The number of unbranched alkanes of at least 4 members (excludes halogenated alkanes) is 1. The molecule has 5 heteroatoms. The fraction of sp³-hybridized carbons (Fsp3) is 0.900. The maximum atomic E-state index is 8.74. The fourth-order valence-electron chi connectivity index (χ4n) is 0.584. The topological polar surface area (TPSA) is 122 Å². The van der Waals surface area contributed by atoms with E-state index in [-0.39, 0.29) is 11.9 Å². The SMILES string of the molecule is CC(=N)N.CCN.C[C@H](O)CCCCN. The molecule has 0 saturated heterocycles. The molecule has 0 unspecified atom stereocenters. The Balaban J connectivity index is -0.000000173. The van der Waals surface area contributed by atoms with Gasteiger partial charge in [-0.3, -0.25) is 5.41 Å². The normalized spacial score (nSPS) is 10.3. The quantitative estimate of drug-likeness (QED) is 0.267. The average Bonchev–Trinajstić information content (AvgIpc) is 2.04. The molecule has 0 fully saturated rings. The van der Waals surface area contributed by atoms with Crippen LogP contribution < -0.4 is 17.2 Å². The van der Waals surface area contributed by atoms with Gasteiger partial charge in [0.05, 0.1) is 11.9 Å². The van der Waals surface area contributed by atoms with Crippen LogP contribution in [-0.4, -0.2) is 30.1 Å². The van der Waals surface area contributed by atoms with Gasteiger partial charge in [-0.25, -0.2) is 0 Å². The van der Waals surface area contributed by atoms with Crippen LogP contribution >= 0.6 is 0 Å². The van der Waals surface area contributed by atoms with Crippen molar-refractivity contribution in [2.75, 3.05) is 13.1 Å². The van der Waals surface area contributed by atoms with E-state index in [1.807, 2.05) is 6.92 Å². The largest absolute Gasteiger partial charge is 0.393 e. The molecular formula is C10H28N4O. The molecule has 0 aromatic carbocycles. The lowest BCUT2D eigenvalue weighted by atomic mass is 10.2. The van der Waals surface area contributed by atoms with E-state index in [1.54, 1.807) is 6.92 Å². The molecule has 0 heterocycles. The van der Waals surface area contributed by atoms with Gasteiger partial charge in [0.2, 0.25) is 0 Å². The van der Waals surface area contributed by atoms with Gasteiger partial charge in [0.25, 0.3) is 0 Å². The summed E-state index contributed by atoms with van der Waals surface area (Å²) in [5, 5.41) is 15.0. The predicted octanol–water partition coefficient (Wildman–Crippen LogP) is 0.403. The fourth-order valence-corrected chi connectivity index (χ4v) is 0.584. The molecule has 0 rings (SSSR count). The van der Waals surface area contributed by atoms with E-state index in [9.17, 15) is 0 Å². The van der Waals surface area contributed by atoms with Crippen LogP contribution in [0.2, 0.25) is 0 Å². The van der Waals surface area contributed by atoms with Gasteiger partial charge in [-0.15, -0.1) is 0 Å². The lowest BCUT2D eigenvalue weighted by Crippen LogP contribution is -2.02. The molecule has 8 N–H and O–H groups in total. The minimum absolute atomic E-state index is 0.151. The molecule has 0 saturated carbocycles. The molecule has 1 atom stereocenters. The van der Waals surface area contributed by atoms with Gasteiger partial charge in [0.15, 0.2) is 0 Å². The first kappa shape index (κ1) is 19.9. The number of nitrogens with two attached hydrogens (primary N) is 3. The van der Waals surface area contributed by atoms with E-state index >= 15 is 0 Å². The molecule has 0 aliphatic rings. The van der Waals surface area contributed by atoms with Gasteiger partial charge >= 0.3 is 0 Å². The Kier molecular flexibility index (Phi) is 25.2. The summed E-state index contributed by atoms with van der Waals surface area (Å²) in [6.07, 6.45) is 2.82. The van der Waals surface area contributed by atoms with Crippen molar-refractivity contribution in [2.24, 2.45) is 17.2 Å². The Hall–Kier alpha value is -0.650. The van der Waals surface area contributed by atoms with E-state index in [2.05, 4.69) is 0 Å². The van der Waals surface area contributed by atoms with E-state index in [4.69, 9.17) is 27.7 Å². The first-order valence-electron chi connectivity index (χ1n) is 5.31. The Labute approximate surface area is 93.5 Å². The van der Waals surface area contributed by atoms with Gasteiger partial charge in [-0.05, 0) is 46.2 Å². The maximum Gasteiger partial charge on any atom is 0.0873 e. The lowest BCUT2D eigenvalue weighted by molar-refractivity contribution is 0.181. The summed E-state index contributed by atoms with van der Waals surface area (Å²) in [4.78, 5) is 0. The number of rotatable bonds is 4. The number of aliphatic hydroxyl groups is 1. The molecule has 0 bridgehead atoms. The van der Waals surface area contributed by atoms with Crippen LogP contribution in [0.1, 0.15) is 40.0 Å². The molecule has 0 spiro atoms. The van der Waals surface area contributed by atoms with Crippen LogP contribution in [0.3, 0.4) is 0 Å². The van der Waals surface area contributed by atoms with E-state index in [0.29, 0.717) is 0 Å². The van der Waals surface area contributed by atoms with Crippen LogP contribution in [-0.2, 0) is 0 Å². The van der Waals surface area contributed by atoms with E-state index in [0.717, 1.165) is 32.4 Å². The molecular weight excluding hydrogens is 192 g/mol. The summed E-state index contributed by atoms with van der Waals surface area (Å²) in [7, 11) is 0. The highest BCUT2D eigenvalue weighted by Crippen LogP contribution is 1.97. The third-order valence-electron chi connectivity index (χ3n) is 1.08. The zero-order valence-corrected chi connectivity index (χ0v) is 10.3. The second kappa shape index (κ2) is 19.0. The van der Waals surface area contributed by atoms with Crippen molar-refractivity contribution >= 4 is 5.84 Å². The van der Waals surface area contributed by atoms with Crippen LogP contribution in [0, 0.1) is 5.41 Å². The number of amidine groups is 1. The van der Waals surface area contributed by atoms with Gasteiger partial charge in [-0.2, -0.15) is 0 Å². The third-order valence-corrected chi connectivity index (χ3v) is 1.08. The minimum Gasteiger partial charge on any atom is -0.393 e. The average molecular weight is 220 g/mol. The summed E-state index contributed by atoms with van der Waals surface area (Å²) in [5.41, 5.74) is 14.8. The van der Waals surface area contributed by atoms with Gasteiger partial charge in [0.1, 0.15) is 0 Å². The van der Waals surface area contributed by atoms with Crippen molar-refractivity contribution < 1.29 is 5.11 Å². The molecule has 0 aliphatic carbocycles. The maximum absolute atomic E-state index is 8.74. The van der Waals surface area contributed by atoms with Crippen LogP contribution in [0.25, 0.3) is 0 Å². The number of hydrogen-bond donors (Lipinski definition) is 5. The van der Waals surface area contributed by atoms with Gasteiger partial charge in [0, 0.05) is 0 Å². The van der Waals surface area contributed by atoms with E-state index in [1.165, 1.54) is 6.92 Å². The third kappa shape index (κ3) is 90.9. The second-order valence-electron chi connectivity index (χ2n) is 3.22. The highest BCUT2D eigenvalue weighted by atomic mass is 16.3. The van der Waals surface area contributed by atoms with Crippen molar-refractivity contribution in [3.63, 3.8) is 0 Å². The Morgan fingerprint density at radius 3 is 1.87 bits per heavy atom. The Morgan fingerprint density at radius 2 is 1.67 bits per heavy atom. The van der Waals surface area contributed by atoms with Crippen molar-refractivity contribution in [3.8, 4) is 0 Å². The molecule has 0 aromatic rings.